The monoisotopic (exact) mass is 219 g/mol. The van der Waals surface area contributed by atoms with Gasteiger partial charge < -0.3 is 0 Å². The zero-order chi connectivity index (χ0) is 12.2. The molecule has 0 spiro atoms. The van der Waals surface area contributed by atoms with Crippen LogP contribution >= 0.6 is 0 Å². The molecule has 16 heavy (non-hydrogen) atoms. The molecule has 1 heteroatoms. The molecule has 0 rings (SSSR count). The van der Waals surface area contributed by atoms with Crippen molar-refractivity contribution in [1.29, 1.82) is 0 Å². The number of hydrogen-bond acceptors (Lipinski definition) is 1. The van der Waals surface area contributed by atoms with E-state index < -0.39 is 0 Å². The predicted molar refractivity (Wildman–Crippen MR) is 74.6 cm³/mol. The molecule has 1 nitrogen and oxygen atoms in total. The largest absolute Gasteiger partial charge is 0.299 e. The molecule has 0 aromatic carbocycles. The molecule has 0 N–H and O–H groups in total. The Morgan fingerprint density at radius 1 is 1.06 bits per heavy atom. The fourth-order valence-corrected chi connectivity index (χ4v) is 1.58. The first-order valence-electron chi connectivity index (χ1n) is 6.10. The Balaban J connectivity index is 4.02. The third-order valence-corrected chi connectivity index (χ3v) is 2.20. The average molecular weight is 219 g/mol. The topological polar surface area (TPSA) is 3.24 Å². The summed E-state index contributed by atoms with van der Waals surface area (Å²) in [4.78, 5) is 2.45. The summed E-state index contributed by atoms with van der Waals surface area (Å²) in [5.41, 5.74) is 1.16. The number of nitrogens with zero attached hydrogens (tertiary/aromatic N) is 1. The Morgan fingerprint density at radius 2 is 1.69 bits per heavy atom. The van der Waals surface area contributed by atoms with E-state index in [-0.39, 0.29) is 0 Å². The molecule has 0 atom stereocenters. The van der Waals surface area contributed by atoms with Gasteiger partial charge in [-0.15, -0.1) is 0 Å². The smallest absolute Gasteiger partial charge is 0.0227 e. The van der Waals surface area contributed by atoms with E-state index in [1.807, 2.05) is 18.2 Å². The maximum absolute atomic E-state index is 4.07. The third-order valence-electron chi connectivity index (χ3n) is 2.20. The quantitative estimate of drug-likeness (QED) is 0.530. The van der Waals surface area contributed by atoms with Gasteiger partial charge in [-0.05, 0) is 31.5 Å². The zero-order valence-corrected chi connectivity index (χ0v) is 10.8. The van der Waals surface area contributed by atoms with Crippen LogP contribution in [0.5, 0.6) is 0 Å². The highest BCUT2D eigenvalue weighted by Gasteiger charge is 2.02. The Hall–Kier alpha value is -1.08. The van der Waals surface area contributed by atoms with Crippen LogP contribution in [0.3, 0.4) is 0 Å². The molecule has 0 aliphatic heterocycles. The number of hydrogen-bond donors (Lipinski definition) is 0. The molecule has 0 heterocycles. The van der Waals surface area contributed by atoms with Crippen molar-refractivity contribution in [2.75, 3.05) is 19.6 Å². The molecule has 0 amide bonds. The SMILES string of the molecule is C=C/C=C\C=C/C(=C)CN(CCC)CCC. The molecular weight excluding hydrogens is 194 g/mol. The van der Waals surface area contributed by atoms with Gasteiger partial charge in [0.25, 0.3) is 0 Å². The lowest BCUT2D eigenvalue weighted by molar-refractivity contribution is 0.299. The van der Waals surface area contributed by atoms with E-state index in [1.54, 1.807) is 6.08 Å². The molecule has 0 radical (unpaired) electrons. The normalized spacial score (nSPS) is 11.7. The van der Waals surface area contributed by atoms with Crippen molar-refractivity contribution >= 4 is 0 Å². The fourth-order valence-electron chi connectivity index (χ4n) is 1.58. The molecule has 0 aliphatic carbocycles. The van der Waals surface area contributed by atoms with Crippen LogP contribution in [-0.4, -0.2) is 24.5 Å². The van der Waals surface area contributed by atoms with Gasteiger partial charge in [0, 0.05) is 6.54 Å². The minimum Gasteiger partial charge on any atom is -0.299 e. The summed E-state index contributed by atoms with van der Waals surface area (Å²) in [6.45, 7) is 15.4. The summed E-state index contributed by atoms with van der Waals surface area (Å²) in [5, 5.41) is 0. The van der Waals surface area contributed by atoms with Gasteiger partial charge >= 0.3 is 0 Å². The van der Waals surface area contributed by atoms with Gasteiger partial charge in [-0.2, -0.15) is 0 Å². The average Bonchev–Trinajstić information content (AvgIpc) is 2.25. The standard InChI is InChI=1S/C15H25N/c1-5-8-9-10-11-15(4)14-16(12-6-2)13-7-3/h5,8-11H,1,4,6-7,12-14H2,2-3H3/b9-8-,11-10-. The van der Waals surface area contributed by atoms with E-state index >= 15 is 0 Å². The highest BCUT2D eigenvalue weighted by atomic mass is 15.1. The fraction of sp³-hybridized carbons (Fsp3) is 0.467. The first-order valence-corrected chi connectivity index (χ1v) is 6.10. The number of rotatable bonds is 9. The minimum absolute atomic E-state index is 0.972. The minimum atomic E-state index is 0.972. The summed E-state index contributed by atoms with van der Waals surface area (Å²) in [6, 6.07) is 0. The predicted octanol–water partition coefficient (Wildman–Crippen LogP) is 3.96. The summed E-state index contributed by atoms with van der Waals surface area (Å²) >= 11 is 0. The zero-order valence-electron chi connectivity index (χ0n) is 10.8. The summed E-state index contributed by atoms with van der Waals surface area (Å²) in [5.74, 6) is 0. The highest BCUT2D eigenvalue weighted by molar-refractivity contribution is 5.21. The van der Waals surface area contributed by atoms with Gasteiger partial charge in [-0.25, -0.2) is 0 Å². The number of allylic oxidation sites excluding steroid dienone is 4. The molecule has 0 bridgehead atoms. The molecule has 0 aromatic heterocycles. The Morgan fingerprint density at radius 3 is 2.19 bits per heavy atom. The van der Waals surface area contributed by atoms with E-state index in [9.17, 15) is 0 Å². The second-order valence-corrected chi connectivity index (χ2v) is 3.91. The molecule has 0 aromatic rings. The van der Waals surface area contributed by atoms with Gasteiger partial charge in [-0.1, -0.05) is 57.4 Å². The first-order chi connectivity index (χ1) is 7.74. The van der Waals surface area contributed by atoms with Crippen LogP contribution in [0.2, 0.25) is 0 Å². The van der Waals surface area contributed by atoms with Crippen molar-refractivity contribution in [2.45, 2.75) is 26.7 Å². The van der Waals surface area contributed by atoms with Gasteiger partial charge in [0.2, 0.25) is 0 Å². The van der Waals surface area contributed by atoms with Crippen LogP contribution in [0, 0.1) is 0 Å². The third kappa shape index (κ3) is 8.25. The lowest BCUT2D eigenvalue weighted by Crippen LogP contribution is -2.27. The van der Waals surface area contributed by atoms with Gasteiger partial charge in [0.05, 0.1) is 0 Å². The second-order valence-electron chi connectivity index (χ2n) is 3.91. The van der Waals surface area contributed by atoms with Crippen LogP contribution in [-0.2, 0) is 0 Å². The molecule has 90 valence electrons. The van der Waals surface area contributed by atoms with Crippen LogP contribution in [0.25, 0.3) is 0 Å². The van der Waals surface area contributed by atoms with Crippen LogP contribution < -0.4 is 0 Å². The van der Waals surface area contributed by atoms with E-state index in [0.29, 0.717) is 0 Å². The lowest BCUT2D eigenvalue weighted by Gasteiger charge is -2.20. The maximum Gasteiger partial charge on any atom is 0.0227 e. The molecule has 0 unspecified atom stereocenters. The van der Waals surface area contributed by atoms with E-state index in [1.165, 1.54) is 12.8 Å². The highest BCUT2D eigenvalue weighted by Crippen LogP contribution is 2.01. The summed E-state index contributed by atoms with van der Waals surface area (Å²) in [6.07, 6.45) is 12.1. The Kier molecular flexibility index (Phi) is 9.73. The molecule has 0 saturated heterocycles. The van der Waals surface area contributed by atoms with Gasteiger partial charge in [-0.3, -0.25) is 4.90 Å². The Labute approximate surface area is 101 Å². The van der Waals surface area contributed by atoms with Gasteiger partial charge in [0.1, 0.15) is 0 Å². The van der Waals surface area contributed by atoms with Crippen molar-refractivity contribution in [2.24, 2.45) is 0 Å². The maximum atomic E-state index is 4.07. The first kappa shape index (κ1) is 14.9. The molecule has 0 fully saturated rings. The van der Waals surface area contributed by atoms with E-state index in [4.69, 9.17) is 0 Å². The van der Waals surface area contributed by atoms with Crippen molar-refractivity contribution in [1.82, 2.24) is 4.90 Å². The van der Waals surface area contributed by atoms with Crippen molar-refractivity contribution < 1.29 is 0 Å². The summed E-state index contributed by atoms with van der Waals surface area (Å²) in [7, 11) is 0. The van der Waals surface area contributed by atoms with E-state index in [2.05, 4.69) is 38.0 Å². The van der Waals surface area contributed by atoms with Crippen LogP contribution in [0.15, 0.2) is 49.1 Å². The summed E-state index contributed by atoms with van der Waals surface area (Å²) < 4.78 is 0. The van der Waals surface area contributed by atoms with Crippen molar-refractivity contribution in [3.05, 3.63) is 49.1 Å². The Bertz CT molecular complexity index is 242. The van der Waals surface area contributed by atoms with Gasteiger partial charge in [0.15, 0.2) is 0 Å². The van der Waals surface area contributed by atoms with Crippen LogP contribution in [0.1, 0.15) is 26.7 Å². The molecule has 0 saturated carbocycles. The molecular formula is C15H25N. The van der Waals surface area contributed by atoms with Crippen molar-refractivity contribution in [3.8, 4) is 0 Å². The van der Waals surface area contributed by atoms with E-state index in [0.717, 1.165) is 25.2 Å². The second kappa shape index (κ2) is 10.4. The lowest BCUT2D eigenvalue weighted by atomic mass is 10.2. The van der Waals surface area contributed by atoms with Crippen molar-refractivity contribution in [3.63, 3.8) is 0 Å². The molecule has 0 aliphatic rings. The van der Waals surface area contributed by atoms with Crippen LogP contribution in [0.4, 0.5) is 0 Å².